The molecule has 6 aliphatic rings. The highest BCUT2D eigenvalue weighted by molar-refractivity contribution is 5.91. The molecule has 2 aliphatic heterocycles. The average Bonchev–Trinajstić information content (AvgIpc) is 3.27. The quantitative estimate of drug-likeness (QED) is 0.806. The van der Waals surface area contributed by atoms with E-state index in [1.165, 1.54) is 19.3 Å². The molecular weight excluding hydrogens is 356 g/mol. The highest BCUT2D eigenvalue weighted by Crippen LogP contribution is 2.60. The molecule has 2 unspecified atom stereocenters. The monoisotopic (exact) mass is 388 g/mol. The maximum absolute atomic E-state index is 13.7. The van der Waals surface area contributed by atoms with E-state index in [4.69, 9.17) is 0 Å². The third-order valence-electron chi connectivity index (χ3n) is 8.59. The summed E-state index contributed by atoms with van der Waals surface area (Å²) in [7, 11) is 0. The molecule has 1 N–H and O–H groups in total. The lowest BCUT2D eigenvalue weighted by Gasteiger charge is -2.56. The number of hydrogen-bond donors (Lipinski definition) is 1. The van der Waals surface area contributed by atoms with Gasteiger partial charge in [-0.15, -0.1) is 0 Å². The molecule has 0 radical (unpaired) electrons. The summed E-state index contributed by atoms with van der Waals surface area (Å²) in [4.78, 5) is 42.1. The molecule has 0 aromatic carbocycles. The van der Waals surface area contributed by atoms with Gasteiger partial charge in [-0.2, -0.15) is 0 Å². The summed E-state index contributed by atoms with van der Waals surface area (Å²) in [5.74, 6) is 1.50. The third-order valence-corrected chi connectivity index (χ3v) is 8.59. The van der Waals surface area contributed by atoms with Crippen molar-refractivity contribution in [2.75, 3.05) is 19.6 Å². The number of carbonyl (C=O) groups is 3. The number of hydrogen-bond acceptors (Lipinski definition) is 3. The summed E-state index contributed by atoms with van der Waals surface area (Å²) in [5, 5.41) is 9.47. The van der Waals surface area contributed by atoms with Crippen molar-refractivity contribution in [1.82, 2.24) is 9.80 Å². The lowest BCUT2D eigenvalue weighted by atomic mass is 9.49. The molecule has 6 rings (SSSR count). The zero-order chi connectivity index (χ0) is 19.7. The molecule has 6 fully saturated rings. The van der Waals surface area contributed by atoms with Crippen molar-refractivity contribution in [3.05, 3.63) is 0 Å². The Bertz CT molecular complexity index is 684. The van der Waals surface area contributed by atoms with E-state index < -0.39 is 11.4 Å². The summed E-state index contributed by atoms with van der Waals surface area (Å²) in [6.07, 6.45) is 9.06. The number of rotatable bonds is 3. The second-order valence-electron chi connectivity index (χ2n) is 10.7. The Labute approximate surface area is 166 Å². The lowest BCUT2D eigenvalue weighted by molar-refractivity contribution is -0.162. The van der Waals surface area contributed by atoms with Crippen molar-refractivity contribution >= 4 is 17.8 Å². The SMILES string of the molecule is CC1(C(=O)O)CCN(C(=O)C2CCCN2C(=O)C23CC4CC(CC(C4)C2)C3)C1. The molecule has 6 heteroatoms. The molecule has 2 saturated heterocycles. The van der Waals surface area contributed by atoms with E-state index in [-0.39, 0.29) is 29.8 Å². The van der Waals surface area contributed by atoms with Crippen molar-refractivity contribution < 1.29 is 19.5 Å². The van der Waals surface area contributed by atoms with Crippen molar-refractivity contribution in [2.45, 2.75) is 70.8 Å². The number of amides is 2. The third kappa shape index (κ3) is 2.70. The molecule has 2 amide bonds. The highest BCUT2D eigenvalue weighted by atomic mass is 16.4. The zero-order valence-electron chi connectivity index (χ0n) is 16.9. The molecular formula is C22H32N2O4. The first kappa shape index (κ1) is 18.4. The van der Waals surface area contributed by atoms with E-state index in [0.29, 0.717) is 37.3 Å². The number of carboxylic acids is 1. The van der Waals surface area contributed by atoms with Gasteiger partial charge in [-0.1, -0.05) is 0 Å². The van der Waals surface area contributed by atoms with Gasteiger partial charge in [0.15, 0.2) is 0 Å². The van der Waals surface area contributed by atoms with Crippen molar-refractivity contribution in [2.24, 2.45) is 28.6 Å². The van der Waals surface area contributed by atoms with Gasteiger partial charge in [0.1, 0.15) is 6.04 Å². The van der Waals surface area contributed by atoms with E-state index in [9.17, 15) is 19.5 Å². The predicted octanol–water partition coefficient (Wildman–Crippen LogP) is 2.52. The lowest BCUT2D eigenvalue weighted by Crippen LogP contribution is -2.57. The van der Waals surface area contributed by atoms with Gasteiger partial charge in [0.05, 0.1) is 10.8 Å². The molecule has 154 valence electrons. The Hall–Kier alpha value is -1.59. The Morgan fingerprint density at radius 1 is 0.964 bits per heavy atom. The second kappa shape index (κ2) is 6.20. The Morgan fingerprint density at radius 2 is 1.57 bits per heavy atom. The van der Waals surface area contributed by atoms with Crippen LogP contribution in [0.15, 0.2) is 0 Å². The average molecular weight is 389 g/mol. The van der Waals surface area contributed by atoms with E-state index >= 15 is 0 Å². The van der Waals surface area contributed by atoms with Gasteiger partial charge >= 0.3 is 5.97 Å². The minimum Gasteiger partial charge on any atom is -0.481 e. The van der Waals surface area contributed by atoms with E-state index in [2.05, 4.69) is 0 Å². The Balaban J connectivity index is 1.33. The fourth-order valence-corrected chi connectivity index (χ4v) is 7.48. The summed E-state index contributed by atoms with van der Waals surface area (Å²) >= 11 is 0. The van der Waals surface area contributed by atoms with Crippen LogP contribution in [0.2, 0.25) is 0 Å². The van der Waals surface area contributed by atoms with Crippen molar-refractivity contribution in [1.29, 1.82) is 0 Å². The number of likely N-dealkylation sites (tertiary alicyclic amines) is 2. The smallest absolute Gasteiger partial charge is 0.311 e. The van der Waals surface area contributed by atoms with E-state index in [1.807, 2.05) is 4.90 Å². The van der Waals surface area contributed by atoms with Crippen molar-refractivity contribution in [3.63, 3.8) is 0 Å². The van der Waals surface area contributed by atoms with E-state index in [1.54, 1.807) is 11.8 Å². The summed E-state index contributed by atoms with van der Waals surface area (Å²) < 4.78 is 0. The van der Waals surface area contributed by atoms with Gasteiger partial charge in [0.25, 0.3) is 0 Å². The summed E-state index contributed by atoms with van der Waals surface area (Å²) in [6, 6.07) is -0.378. The van der Waals surface area contributed by atoms with Gasteiger partial charge < -0.3 is 14.9 Å². The first-order valence-electron chi connectivity index (χ1n) is 11.1. The fourth-order valence-electron chi connectivity index (χ4n) is 7.48. The maximum atomic E-state index is 13.7. The zero-order valence-corrected chi connectivity index (χ0v) is 16.9. The van der Waals surface area contributed by atoms with Crippen LogP contribution in [0.4, 0.5) is 0 Å². The summed E-state index contributed by atoms with van der Waals surface area (Å²) in [5.41, 5.74) is -1.07. The van der Waals surface area contributed by atoms with Gasteiger partial charge in [-0.3, -0.25) is 14.4 Å². The van der Waals surface area contributed by atoms with Gasteiger partial charge in [-0.25, -0.2) is 0 Å². The first-order valence-corrected chi connectivity index (χ1v) is 11.1. The molecule has 2 heterocycles. The number of carbonyl (C=O) groups excluding carboxylic acids is 2. The second-order valence-corrected chi connectivity index (χ2v) is 10.7. The Kier molecular flexibility index (Phi) is 4.08. The van der Waals surface area contributed by atoms with Crippen LogP contribution < -0.4 is 0 Å². The van der Waals surface area contributed by atoms with Crippen LogP contribution in [0.5, 0.6) is 0 Å². The number of aliphatic carboxylic acids is 1. The minimum atomic E-state index is -0.858. The topological polar surface area (TPSA) is 77.9 Å². The maximum Gasteiger partial charge on any atom is 0.311 e. The van der Waals surface area contributed by atoms with Crippen LogP contribution in [0.25, 0.3) is 0 Å². The van der Waals surface area contributed by atoms with Gasteiger partial charge in [0, 0.05) is 19.6 Å². The van der Waals surface area contributed by atoms with Crippen LogP contribution in [0.3, 0.4) is 0 Å². The fraction of sp³-hybridized carbons (Fsp3) is 0.864. The molecule has 4 bridgehead atoms. The van der Waals surface area contributed by atoms with Crippen LogP contribution in [0, 0.1) is 28.6 Å². The molecule has 0 aromatic rings. The molecule has 28 heavy (non-hydrogen) atoms. The van der Waals surface area contributed by atoms with Gasteiger partial charge in [0.2, 0.25) is 11.8 Å². The van der Waals surface area contributed by atoms with Crippen molar-refractivity contribution in [3.8, 4) is 0 Å². The van der Waals surface area contributed by atoms with E-state index in [0.717, 1.165) is 32.1 Å². The number of carboxylic acid groups (broad SMARTS) is 1. The van der Waals surface area contributed by atoms with Crippen LogP contribution >= 0.6 is 0 Å². The summed E-state index contributed by atoms with van der Waals surface area (Å²) in [6.45, 7) is 3.14. The van der Waals surface area contributed by atoms with Crippen LogP contribution in [-0.2, 0) is 14.4 Å². The molecule has 0 spiro atoms. The highest BCUT2D eigenvalue weighted by Gasteiger charge is 2.57. The Morgan fingerprint density at radius 3 is 2.11 bits per heavy atom. The van der Waals surface area contributed by atoms with Crippen LogP contribution in [-0.4, -0.2) is 58.4 Å². The van der Waals surface area contributed by atoms with Crippen LogP contribution in [0.1, 0.15) is 64.7 Å². The minimum absolute atomic E-state index is 0.0273. The first-order chi connectivity index (χ1) is 13.3. The molecule has 6 nitrogen and oxygen atoms in total. The molecule has 4 aliphatic carbocycles. The largest absolute Gasteiger partial charge is 0.481 e. The standard InChI is InChI=1S/C22H32N2O4/c1-21(20(27)28)4-6-23(13-21)18(25)17-3-2-5-24(17)19(26)22-10-14-7-15(11-22)9-16(8-14)12-22/h14-17H,2-13H2,1H3,(H,27,28). The normalized spacial score (nSPS) is 44.3. The molecule has 0 aromatic heterocycles. The molecule has 4 saturated carbocycles. The van der Waals surface area contributed by atoms with Gasteiger partial charge in [-0.05, 0) is 82.5 Å². The predicted molar refractivity (Wildman–Crippen MR) is 102 cm³/mol. The number of nitrogens with zero attached hydrogens (tertiary/aromatic N) is 2. The molecule has 2 atom stereocenters.